The number of aliphatic carboxylic acids is 2. The number of hydrogen-bond donors (Lipinski definition) is 3. The lowest BCUT2D eigenvalue weighted by Gasteiger charge is -2.16. The van der Waals surface area contributed by atoms with Crippen molar-refractivity contribution in [3.05, 3.63) is 84.4 Å². The van der Waals surface area contributed by atoms with Crippen molar-refractivity contribution in [1.82, 2.24) is 4.72 Å². The van der Waals surface area contributed by atoms with Crippen molar-refractivity contribution < 1.29 is 33.0 Å². The van der Waals surface area contributed by atoms with E-state index in [1.807, 2.05) is 61.5 Å². The van der Waals surface area contributed by atoms with E-state index in [0.717, 1.165) is 21.8 Å². The van der Waals surface area contributed by atoms with Crippen molar-refractivity contribution in [2.75, 3.05) is 25.5 Å². The van der Waals surface area contributed by atoms with Gasteiger partial charge in [-0.15, -0.1) is 0 Å². The number of carbonyl (C=O) groups excluding carboxylic acids is 1. The molecule has 0 amide bonds. The van der Waals surface area contributed by atoms with Crippen LogP contribution in [0.25, 0.3) is 21.5 Å². The first-order valence-corrected chi connectivity index (χ1v) is 13.1. The highest BCUT2D eigenvalue weighted by Crippen LogP contribution is 2.30. The number of nitrogens with zero attached hydrogens (tertiary/aromatic N) is 1. The van der Waals surface area contributed by atoms with E-state index in [0.29, 0.717) is 10.9 Å². The lowest BCUT2D eigenvalue weighted by Crippen LogP contribution is -2.29. The summed E-state index contributed by atoms with van der Waals surface area (Å²) in [6.45, 7) is -0.647. The Bertz CT molecular complexity index is 1600. The highest BCUT2D eigenvalue weighted by Gasteiger charge is 2.19. The number of anilines is 1. The molecule has 0 radical (unpaired) electrons. The van der Waals surface area contributed by atoms with Crippen LogP contribution in [0, 0.1) is 0 Å². The largest absolute Gasteiger partial charge is 0.481 e. The summed E-state index contributed by atoms with van der Waals surface area (Å²) in [4.78, 5) is 34.6. The molecule has 198 valence electrons. The van der Waals surface area contributed by atoms with Crippen LogP contribution in [-0.2, 0) is 19.6 Å². The van der Waals surface area contributed by atoms with Gasteiger partial charge in [0, 0.05) is 42.5 Å². The van der Waals surface area contributed by atoms with Crippen LogP contribution in [0.3, 0.4) is 0 Å². The van der Waals surface area contributed by atoms with Crippen LogP contribution >= 0.6 is 0 Å². The molecule has 0 heterocycles. The van der Waals surface area contributed by atoms with Crippen LogP contribution < -0.4 is 9.62 Å². The van der Waals surface area contributed by atoms with E-state index >= 15 is 0 Å². The van der Waals surface area contributed by atoms with Gasteiger partial charge in [-0.05, 0) is 29.0 Å². The van der Waals surface area contributed by atoms with Crippen LogP contribution in [0.4, 0.5) is 5.69 Å². The van der Waals surface area contributed by atoms with E-state index < -0.39 is 28.5 Å². The predicted octanol–water partition coefficient (Wildman–Crippen LogP) is 4.16. The minimum absolute atomic E-state index is 0.0493. The summed E-state index contributed by atoms with van der Waals surface area (Å²) in [6.07, 6.45) is -0.0701. The van der Waals surface area contributed by atoms with Gasteiger partial charge >= 0.3 is 11.9 Å². The number of carboxylic acids is 2. The third-order valence-electron chi connectivity index (χ3n) is 5.68. The molecule has 4 aromatic carbocycles. The van der Waals surface area contributed by atoms with Crippen LogP contribution in [0.2, 0.25) is 0 Å². The van der Waals surface area contributed by atoms with Crippen LogP contribution in [-0.4, -0.2) is 57.0 Å². The molecule has 0 saturated carbocycles. The van der Waals surface area contributed by atoms with Gasteiger partial charge in [0.05, 0.1) is 11.3 Å². The minimum atomic E-state index is -3.87. The van der Waals surface area contributed by atoms with E-state index in [1.165, 1.54) is 6.07 Å². The fourth-order valence-electron chi connectivity index (χ4n) is 3.85. The molecular formula is C28H28N2O7S. The number of benzene rings is 4. The maximum absolute atomic E-state index is 12.2. The minimum Gasteiger partial charge on any atom is -0.481 e. The first-order valence-electron chi connectivity index (χ1n) is 11.6. The Hall–Kier alpha value is -4.28. The lowest BCUT2D eigenvalue weighted by molar-refractivity contribution is -0.137. The molecule has 0 unspecified atom stereocenters. The molecule has 0 bridgehead atoms. The number of rotatable bonds is 9. The lowest BCUT2D eigenvalue weighted by atomic mass is 10.0. The molecule has 9 nitrogen and oxygen atoms in total. The Labute approximate surface area is 220 Å². The average molecular weight is 537 g/mol. The molecule has 0 spiro atoms. The van der Waals surface area contributed by atoms with Crippen molar-refractivity contribution in [3.8, 4) is 0 Å². The number of ketones is 1. The van der Waals surface area contributed by atoms with Crippen LogP contribution in [0.15, 0.2) is 83.8 Å². The fraction of sp³-hybridized carbons (Fsp3) is 0.179. The van der Waals surface area contributed by atoms with Crippen molar-refractivity contribution in [2.45, 2.75) is 17.7 Å². The van der Waals surface area contributed by atoms with Gasteiger partial charge in [0.25, 0.3) is 0 Å². The Kier molecular flexibility index (Phi) is 9.16. The van der Waals surface area contributed by atoms with E-state index in [1.54, 1.807) is 30.3 Å². The number of sulfonamides is 1. The summed E-state index contributed by atoms with van der Waals surface area (Å²) >= 11 is 0. The van der Waals surface area contributed by atoms with Gasteiger partial charge in [0.1, 0.15) is 6.54 Å². The number of carbonyl (C=O) groups is 3. The summed E-state index contributed by atoms with van der Waals surface area (Å²) in [6, 6.07) is 23.5. The van der Waals surface area contributed by atoms with Gasteiger partial charge in [0.2, 0.25) is 10.0 Å². The molecule has 10 heteroatoms. The summed E-state index contributed by atoms with van der Waals surface area (Å²) < 4.78 is 26.6. The standard InChI is InChI=1S/C14H16N2O4S.C14H12O3/c1-16(2)12-7-3-6-11-10(12)5-4-8-13(11)21(19,20)15-9-14(17)18;15-13(7-8-14(16)17)12-6-5-10-3-1-2-4-11(10)9-12/h3-8,15H,9H2,1-2H3,(H,17,18);1-6,9H,7-8H2,(H,16,17). The molecule has 38 heavy (non-hydrogen) atoms. The third kappa shape index (κ3) is 7.15. The summed E-state index contributed by atoms with van der Waals surface area (Å²) in [7, 11) is -0.126. The summed E-state index contributed by atoms with van der Waals surface area (Å²) in [5.74, 6) is -2.30. The molecule has 4 aromatic rings. The van der Waals surface area contributed by atoms with Crippen LogP contribution in [0.5, 0.6) is 0 Å². The Morgan fingerprint density at radius 2 is 1.42 bits per heavy atom. The number of Topliss-reactive ketones (excluding diaryl/α,β-unsaturated/α-hetero) is 1. The van der Waals surface area contributed by atoms with Crippen LogP contribution in [0.1, 0.15) is 23.2 Å². The molecule has 0 fully saturated rings. The first-order chi connectivity index (χ1) is 18.0. The van der Waals surface area contributed by atoms with E-state index in [2.05, 4.69) is 4.72 Å². The van der Waals surface area contributed by atoms with Gasteiger partial charge in [-0.2, -0.15) is 4.72 Å². The van der Waals surface area contributed by atoms with Gasteiger partial charge in [-0.25, -0.2) is 8.42 Å². The molecule has 0 aliphatic rings. The molecule has 0 aliphatic heterocycles. The van der Waals surface area contributed by atoms with Gasteiger partial charge < -0.3 is 15.1 Å². The first kappa shape index (κ1) is 28.3. The fourth-order valence-corrected chi connectivity index (χ4v) is 5.05. The van der Waals surface area contributed by atoms with E-state index in [9.17, 15) is 22.8 Å². The Morgan fingerprint density at radius 1 is 0.763 bits per heavy atom. The smallest absolute Gasteiger partial charge is 0.318 e. The van der Waals surface area contributed by atoms with Gasteiger partial charge in [0.15, 0.2) is 5.78 Å². The summed E-state index contributed by atoms with van der Waals surface area (Å²) in [5.41, 5.74) is 1.47. The number of carboxylic acid groups (broad SMARTS) is 2. The van der Waals surface area contributed by atoms with Gasteiger partial charge in [-0.1, -0.05) is 60.7 Å². The zero-order valence-electron chi connectivity index (χ0n) is 20.9. The number of hydrogen-bond acceptors (Lipinski definition) is 6. The maximum atomic E-state index is 12.2. The highest BCUT2D eigenvalue weighted by atomic mass is 32.2. The molecule has 4 rings (SSSR count). The predicted molar refractivity (Wildman–Crippen MR) is 146 cm³/mol. The molecule has 0 aromatic heterocycles. The normalized spacial score (nSPS) is 11.0. The summed E-state index contributed by atoms with van der Waals surface area (Å²) in [5, 5.41) is 20.6. The Morgan fingerprint density at radius 3 is 2.08 bits per heavy atom. The SMILES string of the molecule is CN(C)c1cccc2c(S(=O)(=O)NCC(=O)O)cccc12.O=C(O)CCC(=O)c1ccc2ccccc2c1. The van der Waals surface area contributed by atoms with E-state index in [-0.39, 0.29) is 23.5 Å². The molecule has 3 N–H and O–H groups in total. The highest BCUT2D eigenvalue weighted by molar-refractivity contribution is 7.89. The molecular weight excluding hydrogens is 508 g/mol. The maximum Gasteiger partial charge on any atom is 0.318 e. The average Bonchev–Trinajstić information content (AvgIpc) is 2.89. The second-order valence-electron chi connectivity index (χ2n) is 8.62. The molecule has 0 atom stereocenters. The van der Waals surface area contributed by atoms with E-state index in [4.69, 9.17) is 10.2 Å². The Balaban J connectivity index is 0.000000215. The van der Waals surface area contributed by atoms with Crippen molar-refractivity contribution in [3.63, 3.8) is 0 Å². The quantitative estimate of drug-likeness (QED) is 0.271. The second kappa shape index (κ2) is 12.3. The van der Waals surface area contributed by atoms with Crippen molar-refractivity contribution in [2.24, 2.45) is 0 Å². The number of nitrogens with one attached hydrogen (secondary N) is 1. The van der Waals surface area contributed by atoms with Crippen molar-refractivity contribution >= 4 is 55.0 Å². The third-order valence-corrected chi connectivity index (χ3v) is 7.14. The monoisotopic (exact) mass is 536 g/mol. The van der Waals surface area contributed by atoms with Gasteiger partial charge in [-0.3, -0.25) is 14.4 Å². The molecule has 0 aliphatic carbocycles. The zero-order chi connectivity index (χ0) is 27.9. The topological polar surface area (TPSA) is 141 Å². The van der Waals surface area contributed by atoms with Crippen molar-refractivity contribution in [1.29, 1.82) is 0 Å². The number of fused-ring (bicyclic) bond motifs is 2. The zero-order valence-corrected chi connectivity index (χ0v) is 21.7. The second-order valence-corrected chi connectivity index (χ2v) is 10.4. The molecule has 0 saturated heterocycles.